The van der Waals surface area contributed by atoms with Crippen LogP contribution in [-0.2, 0) is 0 Å². The van der Waals surface area contributed by atoms with Crippen LogP contribution >= 0.6 is 0 Å². The van der Waals surface area contributed by atoms with Gasteiger partial charge in [0.15, 0.2) is 24.8 Å². The van der Waals surface area contributed by atoms with Gasteiger partial charge in [0.05, 0.1) is 0 Å². The highest BCUT2D eigenvalue weighted by Crippen LogP contribution is 2.39. The molecule has 0 amide bonds. The van der Waals surface area contributed by atoms with Crippen LogP contribution in [0.2, 0.25) is 0 Å². The summed E-state index contributed by atoms with van der Waals surface area (Å²) in [4.78, 5) is 4.62. The lowest BCUT2D eigenvalue weighted by molar-refractivity contribution is -0.705. The van der Waals surface area contributed by atoms with Gasteiger partial charge < -0.3 is 9.80 Å². The number of para-hydroxylation sites is 3. The van der Waals surface area contributed by atoms with E-state index >= 15 is 0 Å². The summed E-state index contributed by atoms with van der Waals surface area (Å²) in [5.74, 6) is 0. The van der Waals surface area contributed by atoms with Crippen LogP contribution in [0, 0.1) is 0 Å². The van der Waals surface area contributed by atoms with Gasteiger partial charge in [-0.1, -0.05) is 206 Å². The molecule has 0 aliphatic heterocycles. The Kier molecular flexibility index (Phi) is 13.7. The van der Waals surface area contributed by atoms with Gasteiger partial charge in [-0.2, -0.15) is 9.13 Å². The van der Waals surface area contributed by atoms with E-state index in [1.54, 1.807) is 0 Å². The van der Waals surface area contributed by atoms with Crippen molar-refractivity contribution in [3.8, 4) is 33.4 Å². The number of hydrogen-bond acceptors (Lipinski definition) is 2. The summed E-state index contributed by atoms with van der Waals surface area (Å²) in [6.07, 6.45) is 8.60. The molecule has 0 N–H and O–H groups in total. The van der Waals surface area contributed by atoms with Crippen molar-refractivity contribution in [2.45, 2.75) is 12.1 Å². The lowest BCUT2D eigenvalue weighted by atomic mass is 9.94. The number of anilines is 6. The molecule has 4 heteroatoms. The number of rotatable bonds is 15. The number of benzene rings is 10. The Morgan fingerprint density at radius 2 is 0.382 bits per heavy atom. The summed E-state index contributed by atoms with van der Waals surface area (Å²) in [7, 11) is 0. The van der Waals surface area contributed by atoms with Crippen molar-refractivity contribution < 1.29 is 9.13 Å². The molecular weight excluding hydrogens is 921 g/mol. The van der Waals surface area contributed by atoms with Crippen LogP contribution in [0.25, 0.3) is 33.4 Å². The molecule has 2 unspecified atom stereocenters. The van der Waals surface area contributed by atoms with Crippen molar-refractivity contribution in [3.05, 3.63) is 350 Å². The van der Waals surface area contributed by atoms with Crippen LogP contribution in [0.4, 0.5) is 34.1 Å². The first kappa shape index (κ1) is 47.1. The molecular formula is C72H56N4+2. The molecule has 0 aliphatic rings. The molecule has 12 aromatic rings. The first-order valence-corrected chi connectivity index (χ1v) is 26.0. The maximum absolute atomic E-state index is 2.33. The summed E-state index contributed by atoms with van der Waals surface area (Å²) in [5.41, 5.74) is 18.6. The molecule has 76 heavy (non-hydrogen) atoms. The van der Waals surface area contributed by atoms with E-state index in [1.807, 2.05) is 0 Å². The Hall–Kier alpha value is -9.90. The fourth-order valence-corrected chi connectivity index (χ4v) is 10.5. The van der Waals surface area contributed by atoms with Crippen molar-refractivity contribution in [1.29, 1.82) is 0 Å². The molecule has 0 radical (unpaired) electrons. The van der Waals surface area contributed by atoms with Gasteiger partial charge in [0.2, 0.25) is 12.1 Å². The SMILES string of the molecule is c1ccc(C(c2ccc(-c3ccc(N(c4ccccc4)c4ccc(-c5ccc(C(c6ccc(-c7ccc(N(c8ccccc8)c8ccccc8)cc7)cc6)[n+]6ccccc6)cc5)cc4)cc3)cc2)[n+]2ccccc2)cc1. The summed E-state index contributed by atoms with van der Waals surface area (Å²) >= 11 is 0. The second-order valence-corrected chi connectivity index (χ2v) is 19.0. The highest BCUT2D eigenvalue weighted by molar-refractivity contribution is 5.81. The third-order valence-corrected chi connectivity index (χ3v) is 14.3. The lowest BCUT2D eigenvalue weighted by Crippen LogP contribution is -2.39. The van der Waals surface area contributed by atoms with E-state index in [0.29, 0.717) is 0 Å². The van der Waals surface area contributed by atoms with Gasteiger partial charge in [0.1, 0.15) is 0 Å². The maximum Gasteiger partial charge on any atom is 0.208 e. The maximum atomic E-state index is 2.33. The summed E-state index contributed by atoms with van der Waals surface area (Å²) in [6, 6.07) is 109. The van der Waals surface area contributed by atoms with E-state index in [-0.39, 0.29) is 12.1 Å². The Morgan fingerprint density at radius 3 is 0.645 bits per heavy atom. The molecule has 362 valence electrons. The zero-order valence-corrected chi connectivity index (χ0v) is 42.1. The van der Waals surface area contributed by atoms with Crippen molar-refractivity contribution in [1.82, 2.24) is 0 Å². The molecule has 0 spiro atoms. The third-order valence-electron chi connectivity index (χ3n) is 14.3. The van der Waals surface area contributed by atoms with Crippen LogP contribution < -0.4 is 18.9 Å². The van der Waals surface area contributed by atoms with E-state index in [1.165, 1.54) is 50.1 Å². The van der Waals surface area contributed by atoms with Crippen LogP contribution in [0.15, 0.2) is 328 Å². The van der Waals surface area contributed by atoms with Crippen LogP contribution in [0.3, 0.4) is 0 Å². The highest BCUT2D eigenvalue weighted by atomic mass is 15.1. The minimum absolute atomic E-state index is 0.00438. The standard InChI is InChI=1S/C72H56N4/c1-7-19-61(20-8-1)71(73-51-15-5-16-52-73)62-33-27-55(28-34-62)59-41-47-69(48-42-59)76(67-25-13-4-14-26-67)70-49-43-60(44-50-70)57-31-37-64(38-32-57)72(74-53-17-6-18-54-74)63-35-29-56(30-36-63)58-39-45-68(46-40-58)75(65-21-9-2-10-22-65)66-23-11-3-12-24-66/h1-54,71-72H/q+2. The highest BCUT2D eigenvalue weighted by Gasteiger charge is 2.25. The molecule has 2 aromatic heterocycles. The average molecular weight is 977 g/mol. The van der Waals surface area contributed by atoms with Gasteiger partial charge in [-0.3, -0.25) is 0 Å². The number of nitrogens with zero attached hydrogens (tertiary/aromatic N) is 4. The van der Waals surface area contributed by atoms with Crippen molar-refractivity contribution >= 4 is 34.1 Å². The van der Waals surface area contributed by atoms with Crippen LogP contribution in [0.1, 0.15) is 34.3 Å². The summed E-state index contributed by atoms with van der Waals surface area (Å²) in [6.45, 7) is 0. The smallest absolute Gasteiger partial charge is 0.208 e. The van der Waals surface area contributed by atoms with E-state index in [2.05, 4.69) is 347 Å². The van der Waals surface area contributed by atoms with Crippen molar-refractivity contribution in [3.63, 3.8) is 0 Å². The van der Waals surface area contributed by atoms with E-state index < -0.39 is 0 Å². The fraction of sp³-hybridized carbons (Fsp3) is 0.0278. The zero-order valence-electron chi connectivity index (χ0n) is 42.1. The van der Waals surface area contributed by atoms with Gasteiger partial charge >= 0.3 is 0 Å². The first-order valence-electron chi connectivity index (χ1n) is 26.0. The summed E-state index contributed by atoms with van der Waals surface area (Å²) < 4.78 is 4.57. The molecule has 12 rings (SSSR count). The summed E-state index contributed by atoms with van der Waals surface area (Å²) in [5, 5.41) is 0. The number of pyridine rings is 2. The average Bonchev–Trinajstić information content (AvgIpc) is 3.50. The van der Waals surface area contributed by atoms with Crippen molar-refractivity contribution in [2.24, 2.45) is 0 Å². The molecule has 0 saturated carbocycles. The van der Waals surface area contributed by atoms with Gasteiger partial charge in [-0.15, -0.1) is 0 Å². The van der Waals surface area contributed by atoms with Gasteiger partial charge in [-0.25, -0.2) is 0 Å². The van der Waals surface area contributed by atoms with E-state index in [0.717, 1.165) is 39.7 Å². The molecule has 10 aromatic carbocycles. The Bertz CT molecular complexity index is 3390. The Labute approximate surface area is 446 Å². The molecule has 0 aliphatic carbocycles. The lowest BCUT2D eigenvalue weighted by Gasteiger charge is -2.26. The third kappa shape index (κ3) is 10.2. The molecule has 0 fully saturated rings. The normalized spacial score (nSPS) is 11.8. The van der Waals surface area contributed by atoms with E-state index in [4.69, 9.17) is 0 Å². The van der Waals surface area contributed by atoms with Gasteiger partial charge in [0, 0.05) is 80.6 Å². The second-order valence-electron chi connectivity index (χ2n) is 19.0. The fourth-order valence-electron chi connectivity index (χ4n) is 10.5. The predicted octanol–water partition coefficient (Wildman–Crippen LogP) is 17.5. The molecule has 0 saturated heterocycles. The van der Waals surface area contributed by atoms with Crippen LogP contribution in [-0.4, -0.2) is 0 Å². The topological polar surface area (TPSA) is 14.2 Å². The molecule has 4 nitrogen and oxygen atoms in total. The quantitative estimate of drug-likeness (QED) is 0.0951. The monoisotopic (exact) mass is 976 g/mol. The second kappa shape index (κ2) is 22.1. The first-order chi connectivity index (χ1) is 37.7. The Balaban J connectivity index is 0.772. The number of aromatic nitrogens is 2. The molecule has 0 bridgehead atoms. The minimum Gasteiger partial charge on any atom is -0.311 e. The largest absolute Gasteiger partial charge is 0.311 e. The molecule has 2 atom stereocenters. The molecule has 2 heterocycles. The van der Waals surface area contributed by atoms with Gasteiger partial charge in [-0.05, 0) is 106 Å². The zero-order chi connectivity index (χ0) is 50.9. The minimum atomic E-state index is -0.00438. The Morgan fingerprint density at radius 1 is 0.184 bits per heavy atom. The van der Waals surface area contributed by atoms with Crippen LogP contribution in [0.5, 0.6) is 0 Å². The predicted molar refractivity (Wildman–Crippen MR) is 313 cm³/mol. The number of hydrogen-bond donors (Lipinski definition) is 0. The van der Waals surface area contributed by atoms with Gasteiger partial charge in [0.25, 0.3) is 0 Å². The van der Waals surface area contributed by atoms with E-state index in [9.17, 15) is 0 Å². The van der Waals surface area contributed by atoms with Crippen molar-refractivity contribution in [2.75, 3.05) is 9.80 Å².